The third-order valence-corrected chi connectivity index (χ3v) is 3.81. The van der Waals surface area contributed by atoms with E-state index in [4.69, 9.17) is 4.74 Å². The van der Waals surface area contributed by atoms with E-state index in [9.17, 15) is 4.39 Å². The molecule has 0 amide bonds. The minimum Gasteiger partial charge on any atom is -0.485 e. The highest BCUT2D eigenvalue weighted by molar-refractivity contribution is 5.56. The van der Waals surface area contributed by atoms with E-state index in [1.807, 2.05) is 51.1 Å². The normalized spacial score (nSPS) is 19.3. The number of ether oxygens (including phenoxy) is 1. The van der Waals surface area contributed by atoms with Gasteiger partial charge in [0.25, 0.3) is 0 Å². The first kappa shape index (κ1) is 13.0. The van der Waals surface area contributed by atoms with Crippen LogP contribution in [0.5, 0.6) is 5.75 Å². The van der Waals surface area contributed by atoms with Crippen LogP contribution in [0.4, 0.5) is 10.1 Å². The lowest BCUT2D eigenvalue weighted by Crippen LogP contribution is -2.35. The van der Waals surface area contributed by atoms with E-state index in [1.165, 1.54) is 6.07 Å². The first-order valence-electron chi connectivity index (χ1n) is 6.78. The smallest absolute Gasteiger partial charge is 0.146 e. The van der Waals surface area contributed by atoms with Crippen LogP contribution in [0.15, 0.2) is 42.5 Å². The van der Waals surface area contributed by atoms with Gasteiger partial charge in [-0.1, -0.05) is 30.3 Å². The molecule has 1 heterocycles. The molecule has 1 aliphatic rings. The Hall–Kier alpha value is -2.03. The van der Waals surface area contributed by atoms with Gasteiger partial charge in [0.2, 0.25) is 0 Å². The van der Waals surface area contributed by atoms with Gasteiger partial charge in [-0.3, -0.25) is 0 Å². The minimum atomic E-state index is -0.418. The molecule has 104 valence electrons. The highest BCUT2D eigenvalue weighted by atomic mass is 19.1. The maximum Gasteiger partial charge on any atom is 0.146 e. The molecular weight excluding hydrogens is 253 g/mol. The number of aryl methyl sites for hydroxylation is 1. The Morgan fingerprint density at radius 1 is 1.10 bits per heavy atom. The van der Waals surface area contributed by atoms with Crippen LogP contribution in [0.1, 0.15) is 31.0 Å². The second-order valence-electron chi connectivity index (χ2n) is 5.75. The quantitative estimate of drug-likeness (QED) is 0.870. The van der Waals surface area contributed by atoms with Gasteiger partial charge in [-0.15, -0.1) is 0 Å². The van der Waals surface area contributed by atoms with Gasteiger partial charge < -0.3 is 10.1 Å². The van der Waals surface area contributed by atoms with Gasteiger partial charge in [-0.05, 0) is 38.5 Å². The summed E-state index contributed by atoms with van der Waals surface area (Å²) in [6.45, 7) is 5.93. The maximum absolute atomic E-state index is 14.0. The molecule has 0 fully saturated rings. The van der Waals surface area contributed by atoms with Gasteiger partial charge in [0.05, 0.1) is 11.7 Å². The van der Waals surface area contributed by atoms with Crippen LogP contribution in [0, 0.1) is 12.7 Å². The van der Waals surface area contributed by atoms with E-state index >= 15 is 0 Å². The number of benzene rings is 2. The van der Waals surface area contributed by atoms with Crippen molar-refractivity contribution in [3.8, 4) is 5.75 Å². The molecule has 0 radical (unpaired) electrons. The summed E-state index contributed by atoms with van der Waals surface area (Å²) in [4.78, 5) is 0. The largest absolute Gasteiger partial charge is 0.485 e. The van der Waals surface area contributed by atoms with Crippen LogP contribution in [-0.4, -0.2) is 5.60 Å². The zero-order chi connectivity index (χ0) is 14.3. The molecule has 1 N–H and O–H groups in total. The maximum atomic E-state index is 14.0. The topological polar surface area (TPSA) is 21.3 Å². The zero-order valence-corrected chi connectivity index (χ0v) is 11.9. The van der Waals surface area contributed by atoms with Crippen LogP contribution in [0.2, 0.25) is 0 Å². The monoisotopic (exact) mass is 271 g/mol. The lowest BCUT2D eigenvalue weighted by Gasteiger charge is -2.28. The van der Waals surface area contributed by atoms with Crippen molar-refractivity contribution >= 4 is 5.69 Å². The van der Waals surface area contributed by atoms with E-state index in [0.29, 0.717) is 5.69 Å². The molecule has 2 aromatic carbocycles. The van der Waals surface area contributed by atoms with Gasteiger partial charge >= 0.3 is 0 Å². The van der Waals surface area contributed by atoms with Gasteiger partial charge in [0, 0.05) is 5.56 Å². The molecular formula is C17H18FNO. The summed E-state index contributed by atoms with van der Waals surface area (Å²) in [5.41, 5.74) is 2.09. The van der Waals surface area contributed by atoms with E-state index in [1.54, 1.807) is 6.07 Å². The molecule has 1 unspecified atom stereocenters. The summed E-state index contributed by atoms with van der Waals surface area (Å²) >= 11 is 0. The van der Waals surface area contributed by atoms with E-state index in [-0.39, 0.29) is 11.9 Å². The van der Waals surface area contributed by atoms with Crippen LogP contribution in [0.3, 0.4) is 0 Å². The Morgan fingerprint density at radius 2 is 1.85 bits per heavy atom. The van der Waals surface area contributed by atoms with Crippen molar-refractivity contribution in [2.24, 2.45) is 0 Å². The third-order valence-electron chi connectivity index (χ3n) is 3.81. The average molecular weight is 271 g/mol. The molecule has 0 aromatic heterocycles. The first-order valence-corrected chi connectivity index (χ1v) is 6.78. The van der Waals surface area contributed by atoms with E-state index in [2.05, 4.69) is 5.32 Å². The molecule has 3 rings (SSSR count). The number of hydrogen-bond donors (Lipinski definition) is 1. The molecule has 1 aliphatic heterocycles. The molecule has 1 atom stereocenters. The number of nitrogens with one attached hydrogen (secondary N) is 1. The number of fused-ring (bicyclic) bond motifs is 1. The van der Waals surface area contributed by atoms with Gasteiger partial charge in [-0.25, -0.2) is 4.39 Å². The highest BCUT2D eigenvalue weighted by Gasteiger charge is 2.41. The van der Waals surface area contributed by atoms with Crippen molar-refractivity contribution in [1.29, 1.82) is 0 Å². The molecule has 2 aromatic rings. The predicted octanol–water partition coefficient (Wildman–Crippen LogP) is 4.46. The van der Waals surface area contributed by atoms with Crippen molar-refractivity contribution in [3.05, 3.63) is 59.4 Å². The summed E-state index contributed by atoms with van der Waals surface area (Å²) in [6, 6.07) is 12.9. The second-order valence-corrected chi connectivity index (χ2v) is 5.75. The molecule has 2 nitrogen and oxygen atoms in total. The molecule has 20 heavy (non-hydrogen) atoms. The predicted molar refractivity (Wildman–Crippen MR) is 78.6 cm³/mol. The van der Waals surface area contributed by atoms with E-state index in [0.717, 1.165) is 16.9 Å². The molecule has 0 aliphatic carbocycles. The Balaban J connectivity index is 2.02. The lowest BCUT2D eigenvalue weighted by molar-refractivity contribution is 0.118. The Bertz CT molecular complexity index is 631. The summed E-state index contributed by atoms with van der Waals surface area (Å²) < 4.78 is 20.0. The summed E-state index contributed by atoms with van der Waals surface area (Å²) in [6.07, 6.45) is 0. The average Bonchev–Trinajstić information content (AvgIpc) is 2.64. The molecule has 0 saturated carbocycles. The van der Waals surface area contributed by atoms with Gasteiger partial charge in [0.1, 0.15) is 17.2 Å². The van der Waals surface area contributed by atoms with Crippen molar-refractivity contribution in [1.82, 2.24) is 0 Å². The molecule has 0 spiro atoms. The summed E-state index contributed by atoms with van der Waals surface area (Å²) in [7, 11) is 0. The summed E-state index contributed by atoms with van der Waals surface area (Å²) in [5, 5.41) is 3.32. The van der Waals surface area contributed by atoms with Gasteiger partial charge in [0.15, 0.2) is 0 Å². The van der Waals surface area contributed by atoms with Crippen LogP contribution in [0.25, 0.3) is 0 Å². The van der Waals surface area contributed by atoms with Crippen molar-refractivity contribution in [3.63, 3.8) is 0 Å². The fourth-order valence-corrected chi connectivity index (χ4v) is 2.74. The highest BCUT2D eigenvalue weighted by Crippen LogP contribution is 2.45. The molecule has 0 saturated heterocycles. The Labute approximate surface area is 118 Å². The Morgan fingerprint density at radius 3 is 2.60 bits per heavy atom. The van der Waals surface area contributed by atoms with Crippen LogP contribution < -0.4 is 10.1 Å². The number of para-hydroxylation sites is 2. The Kier molecular flexibility index (Phi) is 2.93. The van der Waals surface area contributed by atoms with Crippen molar-refractivity contribution < 1.29 is 9.13 Å². The minimum absolute atomic E-state index is 0.0747. The van der Waals surface area contributed by atoms with E-state index < -0.39 is 5.60 Å². The lowest BCUT2D eigenvalue weighted by atomic mass is 9.94. The SMILES string of the molecule is Cc1cccc(F)c1NC1c2ccccc2OC1(C)C. The van der Waals surface area contributed by atoms with Crippen molar-refractivity contribution in [2.75, 3.05) is 5.32 Å². The fourth-order valence-electron chi connectivity index (χ4n) is 2.74. The number of anilines is 1. The molecule has 0 bridgehead atoms. The number of rotatable bonds is 2. The standard InChI is InChI=1S/C17H18FNO/c1-11-7-6-9-13(18)15(11)19-16-12-8-4-5-10-14(12)20-17(16,2)3/h4-10,16,19H,1-3H3. The second kappa shape index (κ2) is 4.51. The molecule has 3 heteroatoms. The first-order chi connectivity index (χ1) is 9.49. The number of hydrogen-bond acceptors (Lipinski definition) is 2. The zero-order valence-electron chi connectivity index (χ0n) is 11.9. The fraction of sp³-hybridized carbons (Fsp3) is 0.294. The summed E-state index contributed by atoms with van der Waals surface area (Å²) in [5.74, 6) is 0.633. The van der Waals surface area contributed by atoms with Crippen LogP contribution in [-0.2, 0) is 0 Å². The van der Waals surface area contributed by atoms with Crippen molar-refractivity contribution in [2.45, 2.75) is 32.4 Å². The number of halogens is 1. The third kappa shape index (κ3) is 2.03. The van der Waals surface area contributed by atoms with Crippen LogP contribution >= 0.6 is 0 Å². The van der Waals surface area contributed by atoms with Gasteiger partial charge in [-0.2, -0.15) is 0 Å².